The van der Waals surface area contributed by atoms with Crippen LogP contribution < -0.4 is 4.31 Å². The zero-order valence-corrected chi connectivity index (χ0v) is 22.7. The van der Waals surface area contributed by atoms with Gasteiger partial charge in [0, 0.05) is 33.1 Å². The highest BCUT2D eigenvalue weighted by Gasteiger charge is 2.19. The van der Waals surface area contributed by atoms with E-state index in [9.17, 15) is 5.11 Å². The predicted molar refractivity (Wildman–Crippen MR) is 150 cm³/mol. The number of hydrogen-bond acceptors (Lipinski definition) is 5. The van der Waals surface area contributed by atoms with Crippen LogP contribution in [0.15, 0.2) is 65.6 Å². The molecule has 0 unspecified atom stereocenters. The second kappa shape index (κ2) is 11.1. The lowest BCUT2D eigenvalue weighted by molar-refractivity contribution is 0.291. The molecule has 0 fully saturated rings. The van der Waals surface area contributed by atoms with Gasteiger partial charge in [-0.1, -0.05) is 43.1 Å². The van der Waals surface area contributed by atoms with Crippen LogP contribution in [0.3, 0.4) is 0 Å². The molecule has 1 aromatic heterocycles. The summed E-state index contributed by atoms with van der Waals surface area (Å²) in [5.74, 6) is 0.293. The molecule has 3 aromatic carbocycles. The number of aryl methyl sites for hydroxylation is 2. The number of rotatable bonds is 8. The average molecular weight is 527 g/mol. The summed E-state index contributed by atoms with van der Waals surface area (Å²) in [6, 6.07) is 19.7. The minimum atomic E-state index is 0.293. The highest BCUT2D eigenvalue weighted by Crippen LogP contribution is 2.44. The van der Waals surface area contributed by atoms with Crippen molar-refractivity contribution in [2.24, 2.45) is 0 Å². The van der Waals surface area contributed by atoms with E-state index in [-0.39, 0.29) is 0 Å². The number of benzene rings is 3. The van der Waals surface area contributed by atoms with Crippen molar-refractivity contribution in [1.29, 1.82) is 0 Å². The van der Waals surface area contributed by atoms with E-state index in [4.69, 9.17) is 28.2 Å². The van der Waals surface area contributed by atoms with Gasteiger partial charge in [-0.05, 0) is 99.0 Å². The summed E-state index contributed by atoms with van der Waals surface area (Å²) in [5.41, 5.74) is 5.62. The van der Waals surface area contributed by atoms with E-state index in [1.807, 2.05) is 50.2 Å². The number of phenols is 1. The normalized spacial score (nSPS) is 11.4. The number of aromatic nitrogens is 1. The SMILES string of the molecule is CCN(CC)Cc1cc(N(Sc2ccc(C)cc2Cl)c2cc(C)nc3cc(Cl)ccc23)ccc1O. The van der Waals surface area contributed by atoms with Crippen LogP contribution in [0, 0.1) is 13.8 Å². The fraction of sp³-hybridized carbons (Fsp3) is 0.250. The molecule has 0 saturated carbocycles. The highest BCUT2D eigenvalue weighted by molar-refractivity contribution is 8.01. The number of aromatic hydroxyl groups is 1. The van der Waals surface area contributed by atoms with Gasteiger partial charge in [0.15, 0.2) is 0 Å². The lowest BCUT2D eigenvalue weighted by Crippen LogP contribution is -2.22. The summed E-state index contributed by atoms with van der Waals surface area (Å²) >= 11 is 14.5. The standard InChI is InChI=1S/C28H29Cl2N3OS/c1-5-32(6-2)17-20-15-22(9-11-27(20)34)33(35-28-12-7-18(3)13-24(28)30)26-14-19(4)31-25-16-21(29)8-10-23(25)26/h7-16,34H,5-6,17H2,1-4H3. The van der Waals surface area contributed by atoms with Crippen LogP contribution in [0.4, 0.5) is 11.4 Å². The van der Waals surface area contributed by atoms with Crippen molar-refractivity contribution in [3.05, 3.63) is 87.5 Å². The number of fused-ring (bicyclic) bond motifs is 1. The van der Waals surface area contributed by atoms with Crippen molar-refractivity contribution in [3.63, 3.8) is 0 Å². The van der Waals surface area contributed by atoms with Gasteiger partial charge in [0.2, 0.25) is 0 Å². The number of pyridine rings is 1. The van der Waals surface area contributed by atoms with Gasteiger partial charge in [-0.3, -0.25) is 14.2 Å². The van der Waals surface area contributed by atoms with Gasteiger partial charge in [0.1, 0.15) is 5.75 Å². The summed E-state index contributed by atoms with van der Waals surface area (Å²) in [7, 11) is 0. The van der Waals surface area contributed by atoms with Crippen molar-refractivity contribution in [2.45, 2.75) is 39.1 Å². The minimum Gasteiger partial charge on any atom is -0.508 e. The van der Waals surface area contributed by atoms with E-state index in [1.165, 1.54) is 0 Å². The first-order valence-electron chi connectivity index (χ1n) is 11.6. The Morgan fingerprint density at radius 1 is 0.914 bits per heavy atom. The second-order valence-corrected chi connectivity index (χ2v) is 10.4. The smallest absolute Gasteiger partial charge is 0.120 e. The van der Waals surface area contributed by atoms with Gasteiger partial charge < -0.3 is 5.11 Å². The first kappa shape index (κ1) is 25.6. The average Bonchev–Trinajstić information content (AvgIpc) is 2.82. The third kappa shape index (κ3) is 5.87. The largest absolute Gasteiger partial charge is 0.508 e. The quantitative estimate of drug-likeness (QED) is 0.233. The summed E-state index contributed by atoms with van der Waals surface area (Å²) in [5, 5.41) is 13.0. The summed E-state index contributed by atoms with van der Waals surface area (Å²) in [6.07, 6.45) is 0. The van der Waals surface area contributed by atoms with Crippen LogP contribution in [0.25, 0.3) is 10.9 Å². The van der Waals surface area contributed by atoms with E-state index in [2.05, 4.69) is 41.3 Å². The summed E-state index contributed by atoms with van der Waals surface area (Å²) in [6.45, 7) is 10.8. The van der Waals surface area contributed by atoms with Gasteiger partial charge in [0.05, 0.1) is 21.9 Å². The highest BCUT2D eigenvalue weighted by atomic mass is 35.5. The zero-order valence-electron chi connectivity index (χ0n) is 20.3. The lowest BCUT2D eigenvalue weighted by atomic mass is 10.1. The first-order valence-corrected chi connectivity index (χ1v) is 13.2. The Morgan fingerprint density at radius 3 is 2.40 bits per heavy atom. The van der Waals surface area contributed by atoms with Crippen molar-refractivity contribution in [1.82, 2.24) is 9.88 Å². The molecule has 0 aliphatic carbocycles. The molecule has 4 aromatic rings. The van der Waals surface area contributed by atoms with Gasteiger partial charge in [0.25, 0.3) is 0 Å². The molecule has 1 N–H and O–H groups in total. The van der Waals surface area contributed by atoms with Crippen molar-refractivity contribution < 1.29 is 5.11 Å². The first-order chi connectivity index (χ1) is 16.8. The van der Waals surface area contributed by atoms with Gasteiger partial charge in [-0.15, -0.1) is 0 Å². The minimum absolute atomic E-state index is 0.293. The maximum atomic E-state index is 10.6. The molecule has 0 aliphatic heterocycles. The Hall–Kier alpha value is -2.44. The Bertz CT molecular complexity index is 1350. The van der Waals surface area contributed by atoms with Gasteiger partial charge in [-0.25, -0.2) is 0 Å². The molecule has 0 aliphatic rings. The third-order valence-corrected chi connectivity index (χ3v) is 7.76. The molecular formula is C28H29Cl2N3OS. The Labute approximate surface area is 221 Å². The Balaban J connectivity index is 1.89. The molecular weight excluding hydrogens is 497 g/mol. The van der Waals surface area contributed by atoms with Crippen LogP contribution in [0.5, 0.6) is 5.75 Å². The number of nitrogens with zero attached hydrogens (tertiary/aromatic N) is 3. The van der Waals surface area contributed by atoms with E-state index < -0.39 is 0 Å². The number of anilines is 2. The molecule has 0 saturated heterocycles. The van der Waals surface area contributed by atoms with E-state index in [0.29, 0.717) is 22.3 Å². The molecule has 0 atom stereocenters. The summed E-state index contributed by atoms with van der Waals surface area (Å²) in [4.78, 5) is 7.93. The monoisotopic (exact) mass is 525 g/mol. The van der Waals surface area contributed by atoms with Crippen LogP contribution in [0.2, 0.25) is 10.0 Å². The van der Waals surface area contributed by atoms with Crippen molar-refractivity contribution in [3.8, 4) is 5.75 Å². The van der Waals surface area contributed by atoms with Crippen LogP contribution in [-0.2, 0) is 6.54 Å². The van der Waals surface area contributed by atoms with E-state index in [1.54, 1.807) is 18.0 Å². The molecule has 0 bridgehead atoms. The summed E-state index contributed by atoms with van der Waals surface area (Å²) < 4.78 is 2.16. The topological polar surface area (TPSA) is 39.6 Å². The van der Waals surface area contributed by atoms with Crippen molar-refractivity contribution in [2.75, 3.05) is 17.4 Å². The Kier molecular flexibility index (Phi) is 8.12. The van der Waals surface area contributed by atoms with Crippen molar-refractivity contribution >= 4 is 57.4 Å². The van der Waals surface area contributed by atoms with Crippen LogP contribution in [-0.4, -0.2) is 28.1 Å². The van der Waals surface area contributed by atoms with E-state index >= 15 is 0 Å². The Morgan fingerprint density at radius 2 is 1.69 bits per heavy atom. The molecule has 35 heavy (non-hydrogen) atoms. The predicted octanol–water partition coefficient (Wildman–Crippen LogP) is 8.55. The van der Waals surface area contributed by atoms with Crippen LogP contribution >= 0.6 is 35.1 Å². The number of hydrogen-bond donors (Lipinski definition) is 1. The lowest BCUT2D eigenvalue weighted by Gasteiger charge is -2.27. The van der Waals surface area contributed by atoms with Gasteiger partial charge >= 0.3 is 0 Å². The zero-order chi connectivity index (χ0) is 25.1. The fourth-order valence-corrected chi connectivity index (χ4v) is 5.46. The molecule has 0 spiro atoms. The number of halogens is 2. The maximum absolute atomic E-state index is 10.6. The van der Waals surface area contributed by atoms with E-state index in [0.717, 1.165) is 57.1 Å². The molecule has 4 rings (SSSR count). The molecule has 0 amide bonds. The molecule has 0 radical (unpaired) electrons. The maximum Gasteiger partial charge on any atom is 0.120 e. The third-order valence-electron chi connectivity index (χ3n) is 5.96. The van der Waals surface area contributed by atoms with Crippen LogP contribution in [0.1, 0.15) is 30.7 Å². The molecule has 182 valence electrons. The second-order valence-electron chi connectivity index (χ2n) is 8.54. The molecule has 7 heteroatoms. The fourth-order valence-electron chi connectivity index (χ4n) is 4.01. The molecule has 1 heterocycles. The number of phenolic OH excluding ortho intramolecular Hbond substituents is 1. The molecule has 4 nitrogen and oxygen atoms in total. The van der Waals surface area contributed by atoms with Gasteiger partial charge in [-0.2, -0.15) is 0 Å².